The molecule has 0 atom stereocenters. The fourth-order valence-corrected chi connectivity index (χ4v) is 1.83. The van der Waals surface area contributed by atoms with Gasteiger partial charge in [-0.25, -0.2) is 4.79 Å². The lowest BCUT2D eigenvalue weighted by Gasteiger charge is -2.15. The summed E-state index contributed by atoms with van der Waals surface area (Å²) in [6, 6.07) is 3.51. The molecule has 0 bridgehead atoms. The van der Waals surface area contributed by atoms with Crippen molar-refractivity contribution < 1.29 is 19.0 Å². The Morgan fingerprint density at radius 2 is 1.67 bits per heavy atom. The van der Waals surface area contributed by atoms with Gasteiger partial charge in [-0.2, -0.15) is 0 Å². The second-order valence-electron chi connectivity index (χ2n) is 4.45. The molecular weight excluding hydrogens is 232 g/mol. The molecule has 0 amide bonds. The Morgan fingerprint density at radius 3 is 2.11 bits per heavy atom. The largest absolute Gasteiger partial charge is 0.493 e. The number of hydrogen-bond donors (Lipinski definition) is 0. The minimum absolute atomic E-state index is 0.355. The van der Waals surface area contributed by atoms with Crippen molar-refractivity contribution in [2.24, 2.45) is 5.92 Å². The summed E-state index contributed by atoms with van der Waals surface area (Å²) in [4.78, 5) is 11.8. The molecule has 1 aromatic rings. The van der Waals surface area contributed by atoms with Crippen LogP contribution in [0.3, 0.4) is 0 Å². The summed E-state index contributed by atoms with van der Waals surface area (Å²) in [7, 11) is 4.49. The van der Waals surface area contributed by atoms with Gasteiger partial charge in [-0.3, -0.25) is 0 Å². The maximum atomic E-state index is 11.8. The average Bonchev–Trinajstić information content (AvgIpc) is 2.36. The molecule has 0 radical (unpaired) electrons. The molecule has 0 saturated heterocycles. The molecule has 4 nitrogen and oxygen atoms in total. The zero-order valence-electron chi connectivity index (χ0n) is 11.6. The second-order valence-corrected chi connectivity index (χ2v) is 4.45. The molecule has 1 aromatic carbocycles. The van der Waals surface area contributed by atoms with Crippen molar-refractivity contribution >= 4 is 5.97 Å². The van der Waals surface area contributed by atoms with E-state index in [9.17, 15) is 4.79 Å². The summed E-state index contributed by atoms with van der Waals surface area (Å²) in [6.07, 6.45) is 0.783. The van der Waals surface area contributed by atoms with Gasteiger partial charge in [0.2, 0.25) is 0 Å². The first kappa shape index (κ1) is 14.4. The van der Waals surface area contributed by atoms with Crippen LogP contribution < -0.4 is 9.47 Å². The van der Waals surface area contributed by atoms with E-state index < -0.39 is 0 Å². The van der Waals surface area contributed by atoms with Crippen molar-refractivity contribution in [2.45, 2.75) is 20.3 Å². The summed E-state index contributed by atoms with van der Waals surface area (Å²) in [5.74, 6) is 1.24. The SMILES string of the molecule is COC(=O)c1cc(OC)c(OC)cc1CC(C)C. The molecule has 0 fully saturated rings. The Hall–Kier alpha value is -1.71. The van der Waals surface area contributed by atoms with Crippen LogP contribution in [0.5, 0.6) is 11.5 Å². The van der Waals surface area contributed by atoms with E-state index in [-0.39, 0.29) is 5.97 Å². The van der Waals surface area contributed by atoms with Crippen LogP contribution in [0.25, 0.3) is 0 Å². The predicted molar refractivity (Wildman–Crippen MR) is 69.4 cm³/mol. The van der Waals surface area contributed by atoms with Gasteiger partial charge in [-0.15, -0.1) is 0 Å². The summed E-state index contributed by atoms with van der Waals surface area (Å²) >= 11 is 0. The Morgan fingerprint density at radius 1 is 1.11 bits per heavy atom. The third kappa shape index (κ3) is 3.15. The van der Waals surface area contributed by atoms with Crippen molar-refractivity contribution in [3.63, 3.8) is 0 Å². The van der Waals surface area contributed by atoms with Crippen LogP contribution >= 0.6 is 0 Å². The number of benzene rings is 1. The smallest absolute Gasteiger partial charge is 0.338 e. The fraction of sp³-hybridized carbons (Fsp3) is 0.500. The van der Waals surface area contributed by atoms with Gasteiger partial charge >= 0.3 is 5.97 Å². The maximum absolute atomic E-state index is 11.8. The van der Waals surface area contributed by atoms with Gasteiger partial charge in [0.15, 0.2) is 11.5 Å². The quantitative estimate of drug-likeness (QED) is 0.756. The van der Waals surface area contributed by atoms with Gasteiger partial charge in [-0.1, -0.05) is 13.8 Å². The topological polar surface area (TPSA) is 44.8 Å². The number of carbonyl (C=O) groups excluding carboxylic acids is 1. The molecular formula is C14H20O4. The van der Waals surface area contributed by atoms with Crippen molar-refractivity contribution in [3.8, 4) is 11.5 Å². The van der Waals surface area contributed by atoms with Crippen LogP contribution in [0.2, 0.25) is 0 Å². The number of esters is 1. The lowest BCUT2D eigenvalue weighted by Crippen LogP contribution is -2.09. The van der Waals surface area contributed by atoms with E-state index in [0.29, 0.717) is 23.0 Å². The van der Waals surface area contributed by atoms with Gasteiger partial charge < -0.3 is 14.2 Å². The Kier molecular flexibility index (Phi) is 5.01. The summed E-state index contributed by atoms with van der Waals surface area (Å²) in [5.41, 5.74) is 1.44. The monoisotopic (exact) mass is 252 g/mol. The van der Waals surface area contributed by atoms with Crippen LogP contribution in [-0.2, 0) is 11.2 Å². The van der Waals surface area contributed by atoms with Crippen molar-refractivity contribution in [3.05, 3.63) is 23.3 Å². The van der Waals surface area contributed by atoms with Crippen molar-refractivity contribution in [2.75, 3.05) is 21.3 Å². The highest BCUT2D eigenvalue weighted by Crippen LogP contribution is 2.32. The highest BCUT2D eigenvalue weighted by atomic mass is 16.5. The lowest BCUT2D eigenvalue weighted by molar-refractivity contribution is 0.0599. The molecule has 0 aliphatic rings. The van der Waals surface area contributed by atoms with Gasteiger partial charge in [0.25, 0.3) is 0 Å². The molecule has 0 aliphatic carbocycles. The normalized spacial score (nSPS) is 10.3. The molecule has 0 aromatic heterocycles. The summed E-state index contributed by atoms with van der Waals surface area (Å²) in [5, 5.41) is 0. The molecule has 18 heavy (non-hydrogen) atoms. The first-order valence-corrected chi connectivity index (χ1v) is 5.86. The molecule has 0 unspecified atom stereocenters. The number of rotatable bonds is 5. The zero-order chi connectivity index (χ0) is 13.7. The molecule has 0 saturated carbocycles. The Labute approximate surface area is 108 Å². The van der Waals surface area contributed by atoms with Gasteiger partial charge in [0.05, 0.1) is 26.9 Å². The third-order valence-corrected chi connectivity index (χ3v) is 2.64. The van der Waals surface area contributed by atoms with Gasteiger partial charge in [0.1, 0.15) is 0 Å². The minimum Gasteiger partial charge on any atom is -0.493 e. The van der Waals surface area contributed by atoms with Crippen LogP contribution in [0.15, 0.2) is 12.1 Å². The van der Waals surface area contributed by atoms with E-state index in [4.69, 9.17) is 14.2 Å². The molecule has 100 valence electrons. The Bertz CT molecular complexity index is 424. The van der Waals surface area contributed by atoms with E-state index in [2.05, 4.69) is 13.8 Å². The van der Waals surface area contributed by atoms with E-state index >= 15 is 0 Å². The van der Waals surface area contributed by atoms with E-state index in [1.165, 1.54) is 7.11 Å². The van der Waals surface area contributed by atoms with Gasteiger partial charge in [0, 0.05) is 0 Å². The first-order valence-electron chi connectivity index (χ1n) is 5.86. The van der Waals surface area contributed by atoms with Crippen molar-refractivity contribution in [1.29, 1.82) is 0 Å². The predicted octanol–water partition coefficient (Wildman–Crippen LogP) is 2.69. The molecule has 0 heterocycles. The molecule has 0 spiro atoms. The third-order valence-electron chi connectivity index (χ3n) is 2.64. The number of hydrogen-bond acceptors (Lipinski definition) is 4. The first-order chi connectivity index (χ1) is 8.53. The number of carbonyl (C=O) groups is 1. The average molecular weight is 252 g/mol. The van der Waals surface area contributed by atoms with Gasteiger partial charge in [-0.05, 0) is 30.0 Å². The van der Waals surface area contributed by atoms with Crippen LogP contribution in [0, 0.1) is 5.92 Å². The molecule has 1 rings (SSSR count). The second kappa shape index (κ2) is 6.28. The lowest BCUT2D eigenvalue weighted by atomic mass is 9.97. The number of ether oxygens (including phenoxy) is 3. The maximum Gasteiger partial charge on any atom is 0.338 e. The molecule has 0 aliphatic heterocycles. The zero-order valence-corrected chi connectivity index (χ0v) is 11.6. The van der Waals surface area contributed by atoms with Crippen LogP contribution in [0.1, 0.15) is 29.8 Å². The van der Waals surface area contributed by atoms with Crippen LogP contribution in [0.4, 0.5) is 0 Å². The molecule has 4 heteroatoms. The number of methoxy groups -OCH3 is 3. The Balaban J connectivity index is 3.31. The van der Waals surface area contributed by atoms with E-state index in [0.717, 1.165) is 12.0 Å². The highest BCUT2D eigenvalue weighted by molar-refractivity contribution is 5.92. The van der Waals surface area contributed by atoms with E-state index in [1.807, 2.05) is 6.07 Å². The summed E-state index contributed by atoms with van der Waals surface area (Å²) in [6.45, 7) is 4.19. The summed E-state index contributed by atoms with van der Waals surface area (Å²) < 4.78 is 15.2. The van der Waals surface area contributed by atoms with E-state index in [1.54, 1.807) is 20.3 Å². The molecule has 0 N–H and O–H groups in total. The standard InChI is InChI=1S/C14H20O4/c1-9(2)6-10-7-12(16-3)13(17-4)8-11(10)14(15)18-5/h7-9H,6H2,1-5H3. The highest BCUT2D eigenvalue weighted by Gasteiger charge is 2.17. The van der Waals surface area contributed by atoms with Crippen LogP contribution in [-0.4, -0.2) is 27.3 Å². The van der Waals surface area contributed by atoms with Crippen molar-refractivity contribution in [1.82, 2.24) is 0 Å². The minimum atomic E-state index is -0.355. The fourth-order valence-electron chi connectivity index (χ4n) is 1.83.